The summed E-state index contributed by atoms with van der Waals surface area (Å²) in [7, 11) is 3.14. The molecule has 2 aromatic carbocycles. The number of carbonyl (C=O) groups is 1. The molecule has 4 heteroatoms. The summed E-state index contributed by atoms with van der Waals surface area (Å²) in [6, 6.07) is 12.9. The quantitative estimate of drug-likeness (QED) is 0.917. The van der Waals surface area contributed by atoms with Gasteiger partial charge in [0.2, 0.25) is 0 Å². The minimum Gasteiger partial charge on any atom is -0.493 e. The predicted octanol–water partition coefficient (Wildman–Crippen LogP) is 4.25. The van der Waals surface area contributed by atoms with E-state index in [0.717, 1.165) is 0 Å². The molecule has 4 nitrogen and oxygen atoms in total. The number of nitrogens with one attached hydrogen (secondary N) is 1. The Morgan fingerprint density at radius 1 is 0.913 bits per heavy atom. The molecule has 0 bridgehead atoms. The van der Waals surface area contributed by atoms with Crippen LogP contribution in [0.3, 0.4) is 0 Å². The molecule has 0 atom stereocenters. The van der Waals surface area contributed by atoms with Crippen molar-refractivity contribution >= 4 is 11.6 Å². The minimum atomic E-state index is -0.155. The number of ether oxygens (including phenoxy) is 2. The second-order valence-corrected chi connectivity index (χ2v) is 6.35. The monoisotopic (exact) mass is 313 g/mol. The summed E-state index contributed by atoms with van der Waals surface area (Å²) in [5, 5.41) is 2.87. The highest BCUT2D eigenvalue weighted by atomic mass is 16.5. The van der Waals surface area contributed by atoms with E-state index < -0.39 is 0 Å². The van der Waals surface area contributed by atoms with E-state index in [1.807, 2.05) is 24.3 Å². The van der Waals surface area contributed by atoms with Crippen LogP contribution in [0.4, 0.5) is 5.69 Å². The van der Waals surface area contributed by atoms with E-state index in [2.05, 4.69) is 26.1 Å². The van der Waals surface area contributed by atoms with E-state index in [1.165, 1.54) is 5.56 Å². The Kier molecular flexibility index (Phi) is 4.94. The molecule has 0 spiro atoms. The van der Waals surface area contributed by atoms with E-state index in [4.69, 9.17) is 9.47 Å². The molecule has 1 amide bonds. The first-order valence-corrected chi connectivity index (χ1v) is 7.49. The second-order valence-electron chi connectivity index (χ2n) is 6.35. The van der Waals surface area contributed by atoms with Crippen LogP contribution >= 0.6 is 0 Å². The van der Waals surface area contributed by atoms with Crippen LogP contribution in [-0.4, -0.2) is 20.1 Å². The fourth-order valence-corrected chi connectivity index (χ4v) is 2.24. The number of rotatable bonds is 4. The molecule has 0 heterocycles. The minimum absolute atomic E-state index is 0.0678. The summed E-state index contributed by atoms with van der Waals surface area (Å²) in [6.07, 6.45) is 0. The Morgan fingerprint density at radius 3 is 2.04 bits per heavy atom. The Morgan fingerprint density at radius 2 is 1.52 bits per heavy atom. The summed E-state index contributed by atoms with van der Waals surface area (Å²) in [5.74, 6) is 1.05. The zero-order chi connectivity index (χ0) is 17.0. The molecule has 0 aliphatic carbocycles. The highest BCUT2D eigenvalue weighted by Crippen LogP contribution is 2.30. The number of hydrogen-bond acceptors (Lipinski definition) is 3. The fourth-order valence-electron chi connectivity index (χ4n) is 2.24. The van der Waals surface area contributed by atoms with Crippen molar-refractivity contribution in [1.29, 1.82) is 0 Å². The van der Waals surface area contributed by atoms with Crippen LogP contribution in [0, 0.1) is 0 Å². The van der Waals surface area contributed by atoms with Gasteiger partial charge in [-0.25, -0.2) is 0 Å². The Bertz CT molecular complexity index is 685. The van der Waals surface area contributed by atoms with Gasteiger partial charge < -0.3 is 14.8 Å². The molecule has 122 valence electrons. The molecule has 2 aromatic rings. The van der Waals surface area contributed by atoms with Crippen LogP contribution < -0.4 is 14.8 Å². The van der Waals surface area contributed by atoms with Gasteiger partial charge in [-0.1, -0.05) is 32.9 Å². The van der Waals surface area contributed by atoms with Crippen LogP contribution in [0.2, 0.25) is 0 Å². The molecule has 0 aromatic heterocycles. The summed E-state index contributed by atoms with van der Waals surface area (Å²) in [6.45, 7) is 6.43. The molecule has 1 N–H and O–H groups in total. The Hall–Kier alpha value is -2.49. The number of anilines is 1. The van der Waals surface area contributed by atoms with Crippen molar-refractivity contribution in [3.8, 4) is 11.5 Å². The van der Waals surface area contributed by atoms with Gasteiger partial charge in [-0.2, -0.15) is 0 Å². The van der Waals surface area contributed by atoms with Gasteiger partial charge in [-0.15, -0.1) is 0 Å². The highest BCUT2D eigenvalue weighted by Gasteiger charge is 2.14. The maximum atomic E-state index is 12.3. The molecule has 0 unspecified atom stereocenters. The smallest absolute Gasteiger partial charge is 0.255 e. The molecule has 23 heavy (non-hydrogen) atoms. The molecular formula is C19H23NO3. The second kappa shape index (κ2) is 6.73. The van der Waals surface area contributed by atoms with Crippen molar-refractivity contribution in [2.45, 2.75) is 26.2 Å². The third kappa shape index (κ3) is 4.03. The van der Waals surface area contributed by atoms with Crippen molar-refractivity contribution in [2.75, 3.05) is 19.5 Å². The molecule has 0 fully saturated rings. The van der Waals surface area contributed by atoms with Gasteiger partial charge >= 0.3 is 0 Å². The lowest BCUT2D eigenvalue weighted by atomic mass is 9.87. The van der Waals surface area contributed by atoms with Crippen molar-refractivity contribution < 1.29 is 14.3 Å². The first-order chi connectivity index (χ1) is 10.8. The van der Waals surface area contributed by atoms with E-state index >= 15 is 0 Å². The van der Waals surface area contributed by atoms with Crippen LogP contribution in [0.15, 0.2) is 42.5 Å². The molecule has 0 saturated carbocycles. The van der Waals surface area contributed by atoms with Crippen LogP contribution in [0.1, 0.15) is 36.7 Å². The van der Waals surface area contributed by atoms with Crippen molar-refractivity contribution in [3.05, 3.63) is 53.6 Å². The SMILES string of the molecule is COc1ccc(NC(=O)c2ccc(C(C)(C)C)cc2)cc1OC. The Labute approximate surface area is 137 Å². The first-order valence-electron chi connectivity index (χ1n) is 7.49. The van der Waals surface area contributed by atoms with Gasteiger partial charge in [0.15, 0.2) is 11.5 Å². The maximum Gasteiger partial charge on any atom is 0.255 e. The first kappa shape index (κ1) is 16.9. The Balaban J connectivity index is 2.16. The van der Waals surface area contributed by atoms with Crippen LogP contribution in [0.25, 0.3) is 0 Å². The summed E-state index contributed by atoms with van der Waals surface area (Å²) < 4.78 is 10.4. The van der Waals surface area contributed by atoms with E-state index in [9.17, 15) is 4.79 Å². The maximum absolute atomic E-state index is 12.3. The fraction of sp³-hybridized carbons (Fsp3) is 0.316. The standard InChI is InChI=1S/C19H23NO3/c1-19(2,3)14-8-6-13(7-9-14)18(21)20-15-10-11-16(22-4)17(12-15)23-5/h6-12H,1-5H3,(H,20,21). The van der Waals surface area contributed by atoms with Crippen molar-refractivity contribution in [3.63, 3.8) is 0 Å². The van der Waals surface area contributed by atoms with E-state index in [1.54, 1.807) is 32.4 Å². The summed E-state index contributed by atoms with van der Waals surface area (Å²) >= 11 is 0. The normalized spacial score (nSPS) is 11.0. The van der Waals surface area contributed by atoms with Crippen molar-refractivity contribution in [2.24, 2.45) is 0 Å². The number of carbonyl (C=O) groups excluding carboxylic acids is 1. The van der Waals surface area contributed by atoms with Gasteiger partial charge in [-0.05, 0) is 35.2 Å². The average Bonchev–Trinajstić information content (AvgIpc) is 2.54. The third-order valence-electron chi connectivity index (χ3n) is 3.65. The number of hydrogen-bond donors (Lipinski definition) is 1. The molecular weight excluding hydrogens is 290 g/mol. The van der Waals surface area contributed by atoms with Gasteiger partial charge in [-0.3, -0.25) is 4.79 Å². The van der Waals surface area contributed by atoms with Crippen molar-refractivity contribution in [1.82, 2.24) is 0 Å². The van der Waals surface area contributed by atoms with Gasteiger partial charge in [0.05, 0.1) is 14.2 Å². The zero-order valence-electron chi connectivity index (χ0n) is 14.3. The topological polar surface area (TPSA) is 47.6 Å². The van der Waals surface area contributed by atoms with E-state index in [0.29, 0.717) is 22.7 Å². The number of amides is 1. The average molecular weight is 313 g/mol. The summed E-state index contributed by atoms with van der Waals surface area (Å²) in [5.41, 5.74) is 2.54. The number of methoxy groups -OCH3 is 2. The van der Waals surface area contributed by atoms with Gasteiger partial charge in [0.25, 0.3) is 5.91 Å². The van der Waals surface area contributed by atoms with Crippen LogP contribution in [0.5, 0.6) is 11.5 Å². The summed E-state index contributed by atoms with van der Waals surface area (Å²) in [4.78, 5) is 12.3. The molecule has 0 aliphatic heterocycles. The zero-order valence-corrected chi connectivity index (χ0v) is 14.3. The highest BCUT2D eigenvalue weighted by molar-refractivity contribution is 6.04. The van der Waals surface area contributed by atoms with Crippen LogP contribution in [-0.2, 0) is 5.41 Å². The molecule has 0 saturated heterocycles. The molecule has 0 radical (unpaired) electrons. The lowest BCUT2D eigenvalue weighted by Crippen LogP contribution is -2.14. The molecule has 0 aliphatic rings. The van der Waals surface area contributed by atoms with Gasteiger partial charge in [0.1, 0.15) is 0 Å². The number of benzene rings is 2. The lowest BCUT2D eigenvalue weighted by molar-refractivity contribution is 0.102. The van der Waals surface area contributed by atoms with Gasteiger partial charge in [0, 0.05) is 17.3 Å². The predicted molar refractivity (Wildman–Crippen MR) is 92.6 cm³/mol. The lowest BCUT2D eigenvalue weighted by Gasteiger charge is -2.19. The molecule has 2 rings (SSSR count). The third-order valence-corrected chi connectivity index (χ3v) is 3.65. The van der Waals surface area contributed by atoms with E-state index in [-0.39, 0.29) is 11.3 Å². The largest absolute Gasteiger partial charge is 0.493 e.